The first-order chi connectivity index (χ1) is 12.2. The Bertz CT molecular complexity index is 915. The molecule has 3 rings (SSSR count). The lowest BCUT2D eigenvalue weighted by Crippen LogP contribution is -2.28. The molecule has 1 aliphatic carbocycles. The molecule has 2 N–H and O–H groups in total. The summed E-state index contributed by atoms with van der Waals surface area (Å²) in [6.07, 6.45) is 0.419. The number of aliphatic hydroxyl groups excluding tert-OH is 1. The van der Waals surface area contributed by atoms with Crippen LogP contribution in [0.2, 0.25) is 5.02 Å². The quantitative estimate of drug-likeness (QED) is 0.825. The van der Waals surface area contributed by atoms with E-state index in [1.54, 1.807) is 6.08 Å². The fourth-order valence-corrected chi connectivity index (χ4v) is 3.21. The molecular weight excluding hydrogens is 373 g/mol. The number of alkyl halides is 3. The number of phenols is 1. The molecule has 1 heterocycles. The van der Waals surface area contributed by atoms with Gasteiger partial charge < -0.3 is 10.2 Å². The van der Waals surface area contributed by atoms with E-state index in [1.807, 2.05) is 0 Å². The predicted octanol–water partition coefficient (Wildman–Crippen LogP) is 3.67. The zero-order chi connectivity index (χ0) is 19.1. The molecule has 0 spiro atoms. The molecule has 0 unspecified atom stereocenters. The number of hydrogen-bond acceptors (Lipinski definition) is 4. The molecular formula is C17H14ClF3N2O3. The lowest BCUT2D eigenvalue weighted by atomic mass is 10.0. The number of benzene rings is 1. The van der Waals surface area contributed by atoms with Crippen LogP contribution in [-0.2, 0) is 6.18 Å². The van der Waals surface area contributed by atoms with Gasteiger partial charge in [0.05, 0.1) is 28.0 Å². The number of rotatable bonds is 2. The third-order valence-corrected chi connectivity index (χ3v) is 4.45. The summed E-state index contributed by atoms with van der Waals surface area (Å²) in [5, 5.41) is 19.7. The number of hydrogen-bond donors (Lipinski definition) is 2. The van der Waals surface area contributed by atoms with Gasteiger partial charge in [0, 0.05) is 11.8 Å². The van der Waals surface area contributed by atoms with Gasteiger partial charge in [-0.15, -0.1) is 0 Å². The molecule has 9 heteroatoms. The molecule has 26 heavy (non-hydrogen) atoms. The summed E-state index contributed by atoms with van der Waals surface area (Å²) in [5.41, 5.74) is -1.83. The summed E-state index contributed by atoms with van der Waals surface area (Å²) in [7, 11) is 0. The minimum absolute atomic E-state index is 0.164. The zero-order valence-corrected chi connectivity index (χ0v) is 14.1. The minimum atomic E-state index is -4.69. The highest BCUT2D eigenvalue weighted by Gasteiger charge is 2.33. The van der Waals surface area contributed by atoms with E-state index in [9.17, 15) is 28.2 Å². The van der Waals surface area contributed by atoms with Crippen molar-refractivity contribution < 1.29 is 23.4 Å². The van der Waals surface area contributed by atoms with E-state index in [2.05, 4.69) is 4.98 Å². The van der Waals surface area contributed by atoms with Crippen molar-refractivity contribution in [3.05, 3.63) is 51.7 Å². The second-order valence-electron chi connectivity index (χ2n) is 5.91. The molecule has 0 saturated heterocycles. The van der Waals surface area contributed by atoms with Crippen molar-refractivity contribution in [2.45, 2.75) is 31.5 Å². The Hall–Kier alpha value is -2.32. The summed E-state index contributed by atoms with van der Waals surface area (Å²) in [6.45, 7) is 0. The van der Waals surface area contributed by atoms with Crippen LogP contribution in [0.5, 0.6) is 5.75 Å². The zero-order valence-electron chi connectivity index (χ0n) is 13.3. The first-order valence-electron chi connectivity index (χ1n) is 7.75. The Morgan fingerprint density at radius 1 is 1.31 bits per heavy atom. The van der Waals surface area contributed by atoms with E-state index >= 15 is 0 Å². The highest BCUT2D eigenvalue weighted by molar-refractivity contribution is 6.33. The maximum Gasteiger partial charge on any atom is 0.416 e. The number of halogens is 4. The third kappa shape index (κ3) is 3.34. The van der Waals surface area contributed by atoms with Crippen molar-refractivity contribution in [3.63, 3.8) is 0 Å². The normalized spacial score (nSPS) is 17.9. The highest BCUT2D eigenvalue weighted by Crippen LogP contribution is 2.40. The van der Waals surface area contributed by atoms with Gasteiger partial charge in [0.15, 0.2) is 0 Å². The second kappa shape index (κ2) is 6.77. The molecule has 2 aromatic rings. The molecule has 138 valence electrons. The molecule has 5 nitrogen and oxygen atoms in total. The molecule has 1 atom stereocenters. The number of phenolic OH excluding ortho intramolecular Hbond substituents is 1. The Kier molecular flexibility index (Phi) is 4.81. The summed E-state index contributed by atoms with van der Waals surface area (Å²) < 4.78 is 39.6. The van der Waals surface area contributed by atoms with Crippen LogP contribution in [0.3, 0.4) is 0 Å². The maximum absolute atomic E-state index is 12.8. The Labute approximate surface area is 151 Å². The first-order valence-corrected chi connectivity index (χ1v) is 8.13. The van der Waals surface area contributed by atoms with E-state index in [1.165, 1.54) is 6.33 Å². The predicted molar refractivity (Wildman–Crippen MR) is 89.7 cm³/mol. The largest absolute Gasteiger partial charge is 0.507 e. The first kappa shape index (κ1) is 18.5. The van der Waals surface area contributed by atoms with Crippen molar-refractivity contribution in [1.29, 1.82) is 0 Å². The number of allylic oxidation sites excluding steroid dienone is 1. The van der Waals surface area contributed by atoms with Crippen LogP contribution in [0.25, 0.3) is 16.8 Å². The summed E-state index contributed by atoms with van der Waals surface area (Å²) in [6, 6.07) is 1.15. The Morgan fingerprint density at radius 2 is 2.04 bits per heavy atom. The molecule has 1 aromatic heterocycles. The molecule has 0 amide bonds. The van der Waals surface area contributed by atoms with Crippen LogP contribution in [0, 0.1) is 0 Å². The van der Waals surface area contributed by atoms with Crippen LogP contribution < -0.4 is 5.56 Å². The van der Waals surface area contributed by atoms with Crippen molar-refractivity contribution in [2.75, 3.05) is 0 Å². The van der Waals surface area contributed by atoms with Crippen LogP contribution in [0.1, 0.15) is 24.8 Å². The molecule has 0 saturated carbocycles. The van der Waals surface area contributed by atoms with Gasteiger partial charge in [-0.05, 0) is 31.4 Å². The average Bonchev–Trinajstić information content (AvgIpc) is 2.55. The number of aliphatic hydroxyl groups is 1. The van der Waals surface area contributed by atoms with Crippen molar-refractivity contribution in [3.8, 4) is 16.9 Å². The molecule has 1 aliphatic rings. The second-order valence-corrected chi connectivity index (χ2v) is 6.32. The van der Waals surface area contributed by atoms with Crippen molar-refractivity contribution >= 4 is 17.3 Å². The number of aromatic hydroxyl groups is 1. The Morgan fingerprint density at radius 3 is 2.65 bits per heavy atom. The van der Waals surface area contributed by atoms with Crippen LogP contribution in [0.4, 0.5) is 13.2 Å². The van der Waals surface area contributed by atoms with Crippen molar-refractivity contribution in [1.82, 2.24) is 9.55 Å². The molecule has 0 radical (unpaired) electrons. The summed E-state index contributed by atoms with van der Waals surface area (Å²) >= 11 is 5.91. The third-order valence-electron chi connectivity index (χ3n) is 4.16. The van der Waals surface area contributed by atoms with Gasteiger partial charge in [-0.2, -0.15) is 13.2 Å². The number of aromatic nitrogens is 2. The lowest BCUT2D eigenvalue weighted by Gasteiger charge is -2.21. The maximum atomic E-state index is 12.8. The fourth-order valence-electron chi connectivity index (χ4n) is 2.89. The van der Waals surface area contributed by atoms with E-state index in [0.29, 0.717) is 30.7 Å². The summed E-state index contributed by atoms with van der Waals surface area (Å²) in [5.74, 6) is -0.778. The minimum Gasteiger partial charge on any atom is -0.507 e. The van der Waals surface area contributed by atoms with Gasteiger partial charge >= 0.3 is 6.18 Å². The van der Waals surface area contributed by atoms with Gasteiger partial charge in [-0.1, -0.05) is 17.7 Å². The lowest BCUT2D eigenvalue weighted by molar-refractivity contribution is -0.137. The smallest absolute Gasteiger partial charge is 0.416 e. The van der Waals surface area contributed by atoms with Gasteiger partial charge in [-0.3, -0.25) is 9.36 Å². The van der Waals surface area contributed by atoms with Gasteiger partial charge in [-0.25, -0.2) is 4.98 Å². The van der Waals surface area contributed by atoms with E-state index in [4.69, 9.17) is 11.6 Å². The molecule has 1 aromatic carbocycles. The van der Waals surface area contributed by atoms with Crippen LogP contribution >= 0.6 is 11.6 Å². The fraction of sp³-hybridized carbons (Fsp3) is 0.294. The molecule has 0 fully saturated rings. The van der Waals surface area contributed by atoms with E-state index in [-0.39, 0.29) is 11.1 Å². The summed E-state index contributed by atoms with van der Waals surface area (Å²) in [4.78, 5) is 16.7. The SMILES string of the molecule is O=c1c(-c2c(O)cc(C(F)(F)F)cc2Cl)cncn1C1=CCCC[C@H]1O. The average molecular weight is 387 g/mol. The van der Waals surface area contributed by atoms with Crippen molar-refractivity contribution in [2.24, 2.45) is 0 Å². The van der Waals surface area contributed by atoms with Gasteiger partial charge in [0.25, 0.3) is 5.56 Å². The van der Waals surface area contributed by atoms with Crippen LogP contribution in [0.15, 0.2) is 35.5 Å². The molecule has 0 aliphatic heterocycles. The van der Waals surface area contributed by atoms with E-state index < -0.39 is 34.2 Å². The topological polar surface area (TPSA) is 75.3 Å². The highest BCUT2D eigenvalue weighted by atomic mass is 35.5. The van der Waals surface area contributed by atoms with E-state index in [0.717, 1.165) is 17.2 Å². The van der Waals surface area contributed by atoms with Gasteiger partial charge in [0.2, 0.25) is 0 Å². The monoisotopic (exact) mass is 386 g/mol. The van der Waals surface area contributed by atoms with Crippen LogP contribution in [-0.4, -0.2) is 25.9 Å². The Balaban J connectivity index is 2.16. The standard InChI is InChI=1S/C17H14ClF3N2O3/c18-11-5-9(17(19,20)21)6-14(25)15(11)10-7-22-8-23(16(10)26)12-3-1-2-4-13(12)24/h3,5-8,13,24-25H,1-2,4H2/t13-/m1/s1. The van der Waals surface area contributed by atoms with Gasteiger partial charge in [0.1, 0.15) is 12.1 Å². The molecule has 0 bridgehead atoms. The number of nitrogens with zero attached hydrogens (tertiary/aromatic N) is 2.